The highest BCUT2D eigenvalue weighted by atomic mass is 15.1. The largest absolute Gasteiger partial charge is 0.311 e. The van der Waals surface area contributed by atoms with Gasteiger partial charge in [-0.05, 0) is 140 Å². The van der Waals surface area contributed by atoms with Crippen molar-refractivity contribution in [1.82, 2.24) is 4.57 Å². The van der Waals surface area contributed by atoms with Crippen LogP contribution in [0.25, 0.3) is 72.0 Å². The second-order valence-electron chi connectivity index (χ2n) is 16.8. The summed E-state index contributed by atoms with van der Waals surface area (Å²) in [5.41, 5.74) is 22.1. The third kappa shape index (κ3) is 5.25. The van der Waals surface area contributed by atoms with Crippen LogP contribution in [-0.4, -0.2) is 4.57 Å². The molecule has 1 heterocycles. The highest BCUT2D eigenvalue weighted by Gasteiger charge is 2.51. The minimum absolute atomic E-state index is 0.353. The van der Waals surface area contributed by atoms with E-state index in [0.29, 0.717) is 0 Å². The van der Waals surface area contributed by atoms with Gasteiger partial charge in [0.05, 0.1) is 16.4 Å². The Balaban J connectivity index is 0.898. The zero-order valence-corrected chi connectivity index (χ0v) is 34.5. The molecule has 2 aliphatic rings. The Morgan fingerprint density at radius 3 is 1.41 bits per heavy atom. The van der Waals surface area contributed by atoms with Crippen molar-refractivity contribution in [2.75, 3.05) is 4.90 Å². The van der Waals surface area contributed by atoms with E-state index in [1.165, 1.54) is 94.3 Å². The molecule has 0 radical (unpaired) electrons. The summed E-state index contributed by atoms with van der Waals surface area (Å²) in [4.78, 5) is 2.30. The van der Waals surface area contributed by atoms with Crippen LogP contribution in [-0.2, 0) is 5.41 Å². The van der Waals surface area contributed by atoms with Gasteiger partial charge >= 0.3 is 0 Å². The molecule has 1 spiro atoms. The second-order valence-corrected chi connectivity index (χ2v) is 16.8. The first-order valence-corrected chi connectivity index (χ1v) is 21.8. The molecule has 0 fully saturated rings. The van der Waals surface area contributed by atoms with Gasteiger partial charge in [0.2, 0.25) is 0 Å². The molecule has 0 aliphatic heterocycles. The minimum atomic E-state index is -0.353. The fourth-order valence-electron chi connectivity index (χ4n) is 10.9. The minimum Gasteiger partial charge on any atom is -0.311 e. The average Bonchev–Trinajstić information content (AvgIpc) is 3.96. The first-order valence-electron chi connectivity index (χ1n) is 21.8. The van der Waals surface area contributed by atoms with Gasteiger partial charge in [-0.15, -0.1) is 0 Å². The molecule has 63 heavy (non-hydrogen) atoms. The van der Waals surface area contributed by atoms with Crippen LogP contribution in [0.1, 0.15) is 22.3 Å². The highest BCUT2D eigenvalue weighted by Crippen LogP contribution is 2.63. The van der Waals surface area contributed by atoms with E-state index in [0.717, 1.165) is 17.1 Å². The molecule has 1 aromatic heterocycles. The lowest BCUT2D eigenvalue weighted by Gasteiger charge is -2.30. The van der Waals surface area contributed by atoms with Crippen LogP contribution in [0, 0.1) is 0 Å². The van der Waals surface area contributed by atoms with Crippen molar-refractivity contribution in [2.45, 2.75) is 5.41 Å². The van der Waals surface area contributed by atoms with Crippen LogP contribution in [0.15, 0.2) is 243 Å². The molecular weight excluding hydrogens is 761 g/mol. The number of anilines is 3. The number of nitrogens with zero attached hydrogens (tertiary/aromatic N) is 2. The molecule has 0 atom stereocenters. The number of benzene rings is 10. The summed E-state index contributed by atoms with van der Waals surface area (Å²) >= 11 is 0. The predicted molar refractivity (Wildman–Crippen MR) is 263 cm³/mol. The molecule has 0 bridgehead atoms. The third-order valence-electron chi connectivity index (χ3n) is 13.6. The average molecular weight is 801 g/mol. The second kappa shape index (κ2) is 13.9. The van der Waals surface area contributed by atoms with Crippen LogP contribution in [0.3, 0.4) is 0 Å². The SMILES string of the molecule is c1ccc(N(c2ccccc2)c2ccc(-c3cccc(-c4ccc5c(c4)c4ccccc4n5-c4ccc5c(c4)-c4ccccc4C54c5ccccc5-c5ccccc54)c3)cc2)cc1. The van der Waals surface area contributed by atoms with Gasteiger partial charge in [0, 0.05) is 33.5 Å². The number of para-hydroxylation sites is 3. The molecule has 0 saturated carbocycles. The Bertz CT molecular complexity index is 3480. The molecule has 2 nitrogen and oxygen atoms in total. The van der Waals surface area contributed by atoms with Crippen LogP contribution < -0.4 is 4.90 Å². The third-order valence-corrected chi connectivity index (χ3v) is 13.6. The van der Waals surface area contributed by atoms with Crippen molar-refractivity contribution in [3.8, 4) is 50.2 Å². The lowest BCUT2D eigenvalue weighted by Crippen LogP contribution is -2.25. The molecule has 10 aromatic carbocycles. The Kier molecular flexibility index (Phi) is 7.85. The summed E-state index contributed by atoms with van der Waals surface area (Å²) in [7, 11) is 0. The molecule has 13 rings (SSSR count). The van der Waals surface area contributed by atoms with Crippen molar-refractivity contribution in [3.05, 3.63) is 265 Å². The Labute approximate surface area is 367 Å². The van der Waals surface area contributed by atoms with Crippen LogP contribution in [0.2, 0.25) is 0 Å². The van der Waals surface area contributed by atoms with E-state index < -0.39 is 0 Å². The lowest BCUT2D eigenvalue weighted by molar-refractivity contribution is 0.793. The normalized spacial score (nSPS) is 12.9. The Morgan fingerprint density at radius 1 is 0.286 bits per heavy atom. The number of fused-ring (bicyclic) bond motifs is 13. The summed E-state index contributed by atoms with van der Waals surface area (Å²) in [6.07, 6.45) is 0. The summed E-state index contributed by atoms with van der Waals surface area (Å²) in [6, 6.07) is 89.2. The molecule has 294 valence electrons. The van der Waals surface area contributed by atoms with Crippen molar-refractivity contribution >= 4 is 38.9 Å². The van der Waals surface area contributed by atoms with Crippen molar-refractivity contribution in [1.29, 1.82) is 0 Å². The van der Waals surface area contributed by atoms with Gasteiger partial charge in [-0.2, -0.15) is 0 Å². The van der Waals surface area contributed by atoms with Gasteiger partial charge in [-0.25, -0.2) is 0 Å². The number of hydrogen-bond donors (Lipinski definition) is 0. The summed E-state index contributed by atoms with van der Waals surface area (Å²) < 4.78 is 2.46. The van der Waals surface area contributed by atoms with E-state index in [1.807, 2.05) is 0 Å². The van der Waals surface area contributed by atoms with E-state index in [4.69, 9.17) is 0 Å². The fraction of sp³-hybridized carbons (Fsp3) is 0.0164. The first kappa shape index (κ1) is 35.5. The van der Waals surface area contributed by atoms with Gasteiger partial charge in [0.15, 0.2) is 0 Å². The van der Waals surface area contributed by atoms with Gasteiger partial charge in [0.1, 0.15) is 0 Å². The van der Waals surface area contributed by atoms with E-state index in [9.17, 15) is 0 Å². The maximum Gasteiger partial charge on any atom is 0.0725 e. The quantitative estimate of drug-likeness (QED) is 0.163. The molecule has 0 amide bonds. The highest BCUT2D eigenvalue weighted by molar-refractivity contribution is 6.11. The van der Waals surface area contributed by atoms with E-state index in [2.05, 4.69) is 252 Å². The number of aromatic nitrogens is 1. The van der Waals surface area contributed by atoms with Crippen molar-refractivity contribution in [3.63, 3.8) is 0 Å². The topological polar surface area (TPSA) is 8.17 Å². The first-order chi connectivity index (χ1) is 31.3. The molecule has 0 N–H and O–H groups in total. The summed E-state index contributed by atoms with van der Waals surface area (Å²) in [6.45, 7) is 0. The smallest absolute Gasteiger partial charge is 0.0725 e. The zero-order valence-electron chi connectivity index (χ0n) is 34.5. The van der Waals surface area contributed by atoms with Gasteiger partial charge in [0.25, 0.3) is 0 Å². The molecular formula is C61H40N2. The summed E-state index contributed by atoms with van der Waals surface area (Å²) in [5, 5.41) is 2.49. The van der Waals surface area contributed by atoms with E-state index >= 15 is 0 Å². The van der Waals surface area contributed by atoms with Gasteiger partial charge in [-0.1, -0.05) is 170 Å². The van der Waals surface area contributed by atoms with Gasteiger partial charge in [-0.3, -0.25) is 0 Å². The monoisotopic (exact) mass is 800 g/mol. The molecule has 11 aromatic rings. The van der Waals surface area contributed by atoms with Crippen LogP contribution in [0.5, 0.6) is 0 Å². The maximum atomic E-state index is 2.46. The standard InChI is InChI=1S/C61H40N2/c1-3-18-45(19-4-1)62(46-20-5-2-6-21-46)47-33-30-41(31-34-47)42-16-15-17-43(38-42)44-32-37-60-54(39-44)52-25-10-14-29-59(52)63(60)48-35-36-58-53(40-48)51-24-9-13-28-57(51)61(58)55-26-11-7-22-49(55)50-23-8-12-27-56(50)61/h1-40H. The molecule has 0 unspecified atom stereocenters. The predicted octanol–water partition coefficient (Wildman–Crippen LogP) is 15.9. The summed E-state index contributed by atoms with van der Waals surface area (Å²) in [5.74, 6) is 0. The molecule has 0 saturated heterocycles. The molecule has 2 heteroatoms. The van der Waals surface area contributed by atoms with E-state index in [-0.39, 0.29) is 5.41 Å². The number of rotatable bonds is 6. The van der Waals surface area contributed by atoms with Crippen molar-refractivity contribution < 1.29 is 0 Å². The van der Waals surface area contributed by atoms with Crippen molar-refractivity contribution in [2.24, 2.45) is 0 Å². The zero-order chi connectivity index (χ0) is 41.5. The lowest BCUT2D eigenvalue weighted by atomic mass is 9.70. The maximum absolute atomic E-state index is 2.46. The molecule has 2 aliphatic carbocycles. The fourth-order valence-corrected chi connectivity index (χ4v) is 10.9. The Morgan fingerprint density at radius 2 is 0.762 bits per heavy atom. The number of hydrogen-bond acceptors (Lipinski definition) is 1. The van der Waals surface area contributed by atoms with Crippen LogP contribution in [0.4, 0.5) is 17.1 Å². The Hall–Kier alpha value is -8.20. The van der Waals surface area contributed by atoms with E-state index in [1.54, 1.807) is 0 Å². The van der Waals surface area contributed by atoms with Crippen LogP contribution >= 0.6 is 0 Å². The van der Waals surface area contributed by atoms with Gasteiger partial charge < -0.3 is 9.47 Å².